The van der Waals surface area contributed by atoms with Crippen LogP contribution in [-0.2, 0) is 6.42 Å². The number of unbranched alkanes of at least 4 members (excludes halogenated alkanes) is 7. The summed E-state index contributed by atoms with van der Waals surface area (Å²) in [5.74, 6) is 1.09. The molecule has 0 heterocycles. The van der Waals surface area contributed by atoms with Crippen LogP contribution < -0.4 is 0 Å². The van der Waals surface area contributed by atoms with Crippen molar-refractivity contribution in [1.82, 2.24) is 0 Å². The van der Waals surface area contributed by atoms with Gasteiger partial charge in [0.2, 0.25) is 0 Å². The SMILES string of the molecule is Cc1ccc(CCCCCCCCCCC2CCCCC2)cc1. The zero-order valence-electron chi connectivity index (χ0n) is 15.5. The number of aryl methyl sites for hydroxylation is 2. The fourth-order valence-corrected chi connectivity index (χ4v) is 4.05. The molecule has 0 atom stereocenters. The summed E-state index contributed by atoms with van der Waals surface area (Å²) >= 11 is 0. The van der Waals surface area contributed by atoms with Crippen LogP contribution in [0.5, 0.6) is 0 Å². The Labute approximate surface area is 145 Å². The van der Waals surface area contributed by atoms with Crippen LogP contribution in [0.15, 0.2) is 24.3 Å². The highest BCUT2D eigenvalue weighted by Gasteiger charge is 2.12. The van der Waals surface area contributed by atoms with Crippen molar-refractivity contribution in [2.75, 3.05) is 0 Å². The summed E-state index contributed by atoms with van der Waals surface area (Å²) in [6.07, 6.45) is 22.0. The molecule has 0 amide bonds. The minimum Gasteiger partial charge on any atom is -0.0591 e. The molecule has 1 fully saturated rings. The first-order valence-corrected chi connectivity index (χ1v) is 10.4. The van der Waals surface area contributed by atoms with Gasteiger partial charge in [-0.1, -0.05) is 113 Å². The highest BCUT2D eigenvalue weighted by Crippen LogP contribution is 2.28. The van der Waals surface area contributed by atoms with Gasteiger partial charge in [0.05, 0.1) is 0 Å². The Bertz CT molecular complexity index is 383. The number of rotatable bonds is 11. The predicted molar refractivity (Wildman–Crippen MR) is 103 cm³/mol. The van der Waals surface area contributed by atoms with Crippen molar-refractivity contribution < 1.29 is 0 Å². The lowest BCUT2D eigenvalue weighted by atomic mass is 9.85. The van der Waals surface area contributed by atoms with E-state index < -0.39 is 0 Å². The van der Waals surface area contributed by atoms with E-state index in [0.29, 0.717) is 0 Å². The van der Waals surface area contributed by atoms with Crippen molar-refractivity contribution >= 4 is 0 Å². The minimum absolute atomic E-state index is 1.09. The average Bonchev–Trinajstić information content (AvgIpc) is 2.59. The lowest BCUT2D eigenvalue weighted by Crippen LogP contribution is -2.05. The van der Waals surface area contributed by atoms with Gasteiger partial charge >= 0.3 is 0 Å². The third-order valence-corrected chi connectivity index (χ3v) is 5.67. The highest BCUT2D eigenvalue weighted by molar-refractivity contribution is 5.21. The average molecular weight is 315 g/mol. The summed E-state index contributed by atoms with van der Waals surface area (Å²) in [7, 11) is 0. The van der Waals surface area contributed by atoms with Crippen molar-refractivity contribution in [3.05, 3.63) is 35.4 Å². The minimum atomic E-state index is 1.09. The van der Waals surface area contributed by atoms with E-state index in [1.807, 2.05) is 0 Å². The van der Waals surface area contributed by atoms with Crippen LogP contribution in [0.4, 0.5) is 0 Å². The highest BCUT2D eigenvalue weighted by atomic mass is 14.2. The second-order valence-electron chi connectivity index (χ2n) is 7.86. The third-order valence-electron chi connectivity index (χ3n) is 5.67. The largest absolute Gasteiger partial charge is 0.0591 e. The summed E-state index contributed by atoms with van der Waals surface area (Å²) in [6, 6.07) is 9.06. The van der Waals surface area contributed by atoms with E-state index in [1.165, 1.54) is 107 Å². The molecule has 1 saturated carbocycles. The van der Waals surface area contributed by atoms with E-state index in [9.17, 15) is 0 Å². The van der Waals surface area contributed by atoms with Crippen molar-refractivity contribution in [3.8, 4) is 0 Å². The Balaban J connectivity index is 1.34. The van der Waals surface area contributed by atoms with E-state index >= 15 is 0 Å². The van der Waals surface area contributed by atoms with Crippen LogP contribution >= 0.6 is 0 Å². The molecule has 2 rings (SSSR count). The van der Waals surface area contributed by atoms with Crippen molar-refractivity contribution in [1.29, 1.82) is 0 Å². The van der Waals surface area contributed by atoms with Crippen LogP contribution in [0.2, 0.25) is 0 Å². The molecule has 1 aromatic carbocycles. The van der Waals surface area contributed by atoms with Crippen molar-refractivity contribution in [3.63, 3.8) is 0 Å². The van der Waals surface area contributed by atoms with Crippen LogP contribution in [0.3, 0.4) is 0 Å². The summed E-state index contributed by atoms with van der Waals surface area (Å²) in [6.45, 7) is 2.17. The summed E-state index contributed by atoms with van der Waals surface area (Å²) in [4.78, 5) is 0. The molecule has 0 saturated heterocycles. The number of hydrogen-bond acceptors (Lipinski definition) is 0. The molecular weight excluding hydrogens is 276 g/mol. The normalized spacial score (nSPS) is 15.9. The molecule has 1 aliphatic carbocycles. The number of hydrogen-bond donors (Lipinski definition) is 0. The van der Waals surface area contributed by atoms with Gasteiger partial charge in [-0.25, -0.2) is 0 Å². The fraction of sp³-hybridized carbons (Fsp3) is 0.739. The van der Waals surface area contributed by atoms with Gasteiger partial charge in [0.1, 0.15) is 0 Å². The first-order valence-electron chi connectivity index (χ1n) is 10.4. The molecule has 0 heteroatoms. The Morgan fingerprint density at radius 2 is 1.26 bits per heavy atom. The molecule has 0 aliphatic heterocycles. The Kier molecular flexibility index (Phi) is 9.45. The van der Waals surface area contributed by atoms with Gasteiger partial charge in [-0.05, 0) is 31.2 Å². The zero-order chi connectivity index (χ0) is 16.2. The fourth-order valence-electron chi connectivity index (χ4n) is 4.05. The van der Waals surface area contributed by atoms with Crippen LogP contribution in [0.25, 0.3) is 0 Å². The van der Waals surface area contributed by atoms with Gasteiger partial charge in [-0.15, -0.1) is 0 Å². The van der Waals surface area contributed by atoms with Gasteiger partial charge < -0.3 is 0 Å². The van der Waals surface area contributed by atoms with Crippen molar-refractivity contribution in [2.45, 2.75) is 103 Å². The van der Waals surface area contributed by atoms with E-state index in [-0.39, 0.29) is 0 Å². The standard InChI is InChI=1S/C23H38/c1-21-17-19-23(20-18-21)16-10-7-5-3-2-4-6-9-13-22-14-11-8-12-15-22/h17-20,22H,2-16H2,1H3. The summed E-state index contributed by atoms with van der Waals surface area (Å²) < 4.78 is 0. The molecule has 0 radical (unpaired) electrons. The van der Waals surface area contributed by atoms with E-state index in [4.69, 9.17) is 0 Å². The lowest BCUT2D eigenvalue weighted by Gasteiger charge is -2.21. The molecule has 1 aliphatic rings. The topological polar surface area (TPSA) is 0 Å². The first-order chi connectivity index (χ1) is 11.3. The smallest absolute Gasteiger partial charge is 0.0279 e. The molecule has 0 unspecified atom stereocenters. The molecule has 130 valence electrons. The molecular formula is C23H38. The Hall–Kier alpha value is -0.780. The molecule has 0 bridgehead atoms. The zero-order valence-corrected chi connectivity index (χ0v) is 15.5. The molecule has 23 heavy (non-hydrogen) atoms. The van der Waals surface area contributed by atoms with Crippen LogP contribution in [0, 0.1) is 12.8 Å². The maximum absolute atomic E-state index is 2.29. The van der Waals surface area contributed by atoms with E-state index in [1.54, 1.807) is 0 Å². The lowest BCUT2D eigenvalue weighted by molar-refractivity contribution is 0.328. The molecule has 0 N–H and O–H groups in total. The van der Waals surface area contributed by atoms with Gasteiger partial charge in [-0.3, -0.25) is 0 Å². The van der Waals surface area contributed by atoms with Gasteiger partial charge in [-0.2, -0.15) is 0 Å². The van der Waals surface area contributed by atoms with Gasteiger partial charge in [0.15, 0.2) is 0 Å². The predicted octanol–water partition coefficient (Wildman–Crippen LogP) is 7.63. The third kappa shape index (κ3) is 8.58. The monoisotopic (exact) mass is 314 g/mol. The second kappa shape index (κ2) is 11.7. The molecule has 1 aromatic rings. The summed E-state index contributed by atoms with van der Waals surface area (Å²) in [5.41, 5.74) is 2.88. The second-order valence-corrected chi connectivity index (χ2v) is 7.86. The van der Waals surface area contributed by atoms with E-state index in [0.717, 1.165) is 5.92 Å². The van der Waals surface area contributed by atoms with Crippen molar-refractivity contribution in [2.24, 2.45) is 5.92 Å². The number of benzene rings is 1. The van der Waals surface area contributed by atoms with E-state index in [2.05, 4.69) is 31.2 Å². The van der Waals surface area contributed by atoms with Gasteiger partial charge in [0.25, 0.3) is 0 Å². The maximum Gasteiger partial charge on any atom is -0.0279 e. The van der Waals surface area contributed by atoms with Crippen LogP contribution in [-0.4, -0.2) is 0 Å². The Morgan fingerprint density at radius 1 is 0.696 bits per heavy atom. The molecule has 0 nitrogen and oxygen atoms in total. The summed E-state index contributed by atoms with van der Waals surface area (Å²) in [5, 5.41) is 0. The quantitative estimate of drug-likeness (QED) is 0.368. The van der Waals surface area contributed by atoms with Crippen LogP contribution in [0.1, 0.15) is 101 Å². The molecule has 0 aromatic heterocycles. The first kappa shape index (κ1) is 18.6. The molecule has 0 spiro atoms. The maximum atomic E-state index is 2.29. The Morgan fingerprint density at radius 3 is 1.91 bits per heavy atom. The van der Waals surface area contributed by atoms with Gasteiger partial charge in [0, 0.05) is 0 Å².